The van der Waals surface area contributed by atoms with Crippen molar-refractivity contribution >= 4 is 39.5 Å². The molecule has 0 radical (unpaired) electrons. The normalized spacial score (nSPS) is 14.2. The predicted molar refractivity (Wildman–Crippen MR) is 345 cm³/mol. The van der Waals surface area contributed by atoms with Gasteiger partial charge in [0, 0.05) is 25.7 Å². The zero-order valence-corrected chi connectivity index (χ0v) is 57.4. The topological polar surface area (TPSA) is 237 Å². The van der Waals surface area contributed by atoms with Gasteiger partial charge in [0.1, 0.15) is 19.3 Å². The van der Waals surface area contributed by atoms with E-state index in [0.29, 0.717) is 31.6 Å². The van der Waals surface area contributed by atoms with Gasteiger partial charge >= 0.3 is 39.5 Å². The first kappa shape index (κ1) is 84.1. The van der Waals surface area contributed by atoms with Gasteiger partial charge in [0.15, 0.2) is 12.2 Å². The Bertz CT molecular complexity index is 1680. The van der Waals surface area contributed by atoms with Gasteiger partial charge in [-0.3, -0.25) is 37.3 Å². The van der Waals surface area contributed by atoms with E-state index in [1.807, 2.05) is 0 Å². The van der Waals surface area contributed by atoms with Crippen LogP contribution in [0.2, 0.25) is 0 Å². The molecule has 0 fully saturated rings. The molecule has 0 aliphatic carbocycles. The molecule has 0 spiro atoms. The van der Waals surface area contributed by atoms with E-state index in [9.17, 15) is 43.2 Å². The number of ether oxygens (including phenoxy) is 4. The molecular weight excluding hydrogens is 1140 g/mol. The third-order valence-corrected chi connectivity index (χ3v) is 17.4. The van der Waals surface area contributed by atoms with Gasteiger partial charge in [-0.2, -0.15) is 0 Å². The molecule has 86 heavy (non-hydrogen) atoms. The maximum absolute atomic E-state index is 13.0. The Balaban J connectivity index is 5.15. The van der Waals surface area contributed by atoms with Crippen LogP contribution in [0.15, 0.2) is 0 Å². The van der Waals surface area contributed by atoms with E-state index in [-0.39, 0.29) is 25.7 Å². The van der Waals surface area contributed by atoms with E-state index in [4.69, 9.17) is 37.0 Å². The minimum absolute atomic E-state index is 0.102. The van der Waals surface area contributed by atoms with Crippen LogP contribution in [0.4, 0.5) is 0 Å². The second kappa shape index (κ2) is 59.4. The van der Waals surface area contributed by atoms with Gasteiger partial charge < -0.3 is 33.8 Å². The number of rotatable bonds is 66. The number of carbonyl (C=O) groups is 4. The van der Waals surface area contributed by atoms with Crippen molar-refractivity contribution < 1.29 is 80.2 Å². The standard InChI is InChI=1S/C67H130O17P2/c1-7-9-11-13-15-17-27-31-38-44-50-65(70)78-55-62(83-66(71)51-45-39-32-28-25-23-21-19-18-20-22-24-26-29-35-41-47-59(3)4)57-81-85(73,74)79-53-61(68)54-80-86(75,76)82-58-63(56-77-64(69)49-43-37-30-16-14-12-10-8-2)84-67(72)52-46-40-34-33-36-42-48-60(5)6/h59-63,68H,7-58H2,1-6H3,(H,73,74)(H,75,76)/t61-,62-,63-/m1/s1. The van der Waals surface area contributed by atoms with E-state index < -0.39 is 97.5 Å². The van der Waals surface area contributed by atoms with Crippen LogP contribution >= 0.6 is 15.6 Å². The molecule has 0 heterocycles. The van der Waals surface area contributed by atoms with Crippen molar-refractivity contribution in [3.8, 4) is 0 Å². The summed E-state index contributed by atoms with van der Waals surface area (Å²) in [6.45, 7) is 9.42. The van der Waals surface area contributed by atoms with Gasteiger partial charge in [0.05, 0.1) is 26.4 Å². The van der Waals surface area contributed by atoms with Gasteiger partial charge in [-0.15, -0.1) is 0 Å². The van der Waals surface area contributed by atoms with Gasteiger partial charge in [-0.25, -0.2) is 9.13 Å². The lowest BCUT2D eigenvalue weighted by Crippen LogP contribution is -2.30. The summed E-state index contributed by atoms with van der Waals surface area (Å²) < 4.78 is 68.0. The van der Waals surface area contributed by atoms with Crippen molar-refractivity contribution in [2.24, 2.45) is 11.8 Å². The summed E-state index contributed by atoms with van der Waals surface area (Å²) in [6.07, 6.45) is 43.3. The molecule has 3 N–H and O–H groups in total. The van der Waals surface area contributed by atoms with Crippen molar-refractivity contribution in [3.05, 3.63) is 0 Å². The minimum atomic E-state index is -4.95. The molecule has 0 aromatic carbocycles. The molecule has 19 heteroatoms. The van der Waals surface area contributed by atoms with Gasteiger partial charge in [-0.05, 0) is 37.5 Å². The maximum Gasteiger partial charge on any atom is 0.472 e. The Hall–Kier alpha value is -1.94. The predicted octanol–water partition coefficient (Wildman–Crippen LogP) is 18.8. The third kappa shape index (κ3) is 60.9. The van der Waals surface area contributed by atoms with E-state index in [1.165, 1.54) is 148 Å². The lowest BCUT2D eigenvalue weighted by Gasteiger charge is -2.21. The van der Waals surface area contributed by atoms with Crippen LogP contribution in [-0.4, -0.2) is 96.7 Å². The first-order valence-corrected chi connectivity index (χ1v) is 38.0. The summed E-state index contributed by atoms with van der Waals surface area (Å²) in [5, 5.41) is 10.5. The molecule has 0 amide bonds. The first-order chi connectivity index (χ1) is 41.4. The molecule has 0 aromatic rings. The van der Waals surface area contributed by atoms with Crippen LogP contribution in [0, 0.1) is 11.8 Å². The molecule has 0 aromatic heterocycles. The number of hydrogen-bond acceptors (Lipinski definition) is 15. The zero-order chi connectivity index (χ0) is 63.6. The molecular formula is C67H130O17P2. The van der Waals surface area contributed by atoms with Crippen molar-refractivity contribution in [2.45, 2.75) is 355 Å². The highest BCUT2D eigenvalue weighted by molar-refractivity contribution is 7.47. The van der Waals surface area contributed by atoms with Crippen LogP contribution in [0.5, 0.6) is 0 Å². The molecule has 510 valence electrons. The Morgan fingerprint density at radius 3 is 0.791 bits per heavy atom. The molecule has 0 saturated carbocycles. The monoisotopic (exact) mass is 1270 g/mol. The highest BCUT2D eigenvalue weighted by Gasteiger charge is 2.30. The fourth-order valence-corrected chi connectivity index (χ4v) is 11.6. The van der Waals surface area contributed by atoms with Gasteiger partial charge in [-0.1, -0.05) is 286 Å². The Morgan fingerprint density at radius 1 is 0.314 bits per heavy atom. The number of esters is 4. The SMILES string of the molecule is CCCCCCCCCCCCC(=O)OC[C@H](COP(=O)(O)OC[C@@H](O)COP(=O)(O)OC[C@@H](COC(=O)CCCCCCCCCC)OC(=O)CCCCCCCCC(C)C)OC(=O)CCCCCCCCCCCCCCCCCCC(C)C. The summed E-state index contributed by atoms with van der Waals surface area (Å²) >= 11 is 0. The number of aliphatic hydroxyl groups is 1. The van der Waals surface area contributed by atoms with Crippen LogP contribution in [0.25, 0.3) is 0 Å². The third-order valence-electron chi connectivity index (χ3n) is 15.5. The average molecular weight is 1270 g/mol. The first-order valence-electron chi connectivity index (χ1n) is 35.0. The van der Waals surface area contributed by atoms with E-state index in [2.05, 4.69) is 41.5 Å². The second-order valence-electron chi connectivity index (χ2n) is 25.2. The molecule has 0 saturated heterocycles. The fourth-order valence-electron chi connectivity index (χ4n) is 10.1. The number of hydrogen-bond donors (Lipinski definition) is 3. The number of phosphoric ester groups is 2. The van der Waals surface area contributed by atoms with Crippen LogP contribution in [-0.2, 0) is 65.4 Å². The molecule has 2 unspecified atom stereocenters. The molecule has 0 rings (SSSR count). The highest BCUT2D eigenvalue weighted by Crippen LogP contribution is 2.45. The highest BCUT2D eigenvalue weighted by atomic mass is 31.2. The van der Waals surface area contributed by atoms with Crippen LogP contribution in [0.3, 0.4) is 0 Å². The summed E-state index contributed by atoms with van der Waals surface area (Å²) in [6, 6.07) is 0. The second-order valence-corrected chi connectivity index (χ2v) is 28.1. The zero-order valence-electron chi connectivity index (χ0n) is 55.6. The molecule has 0 bridgehead atoms. The number of aliphatic hydroxyl groups excluding tert-OH is 1. The Kier molecular flexibility index (Phi) is 58.0. The van der Waals surface area contributed by atoms with Crippen molar-refractivity contribution in [3.63, 3.8) is 0 Å². The van der Waals surface area contributed by atoms with Crippen molar-refractivity contribution in [2.75, 3.05) is 39.6 Å². The van der Waals surface area contributed by atoms with Crippen LogP contribution in [0.1, 0.15) is 337 Å². The summed E-state index contributed by atoms with van der Waals surface area (Å²) in [4.78, 5) is 72.2. The lowest BCUT2D eigenvalue weighted by atomic mass is 10.0. The quantitative estimate of drug-likeness (QED) is 0.0222. The van der Waals surface area contributed by atoms with E-state index in [1.54, 1.807) is 0 Å². The summed E-state index contributed by atoms with van der Waals surface area (Å²) in [7, 11) is -9.89. The van der Waals surface area contributed by atoms with Gasteiger partial charge in [0.2, 0.25) is 0 Å². The molecule has 0 aliphatic rings. The van der Waals surface area contributed by atoms with Gasteiger partial charge in [0.25, 0.3) is 0 Å². The number of carbonyl (C=O) groups excluding carboxylic acids is 4. The van der Waals surface area contributed by atoms with E-state index in [0.717, 1.165) is 102 Å². The van der Waals surface area contributed by atoms with E-state index >= 15 is 0 Å². The largest absolute Gasteiger partial charge is 0.472 e. The number of unbranched alkanes of at least 4 members (excludes halogenated alkanes) is 36. The fraction of sp³-hybridized carbons (Fsp3) is 0.940. The van der Waals surface area contributed by atoms with Crippen molar-refractivity contribution in [1.29, 1.82) is 0 Å². The van der Waals surface area contributed by atoms with Crippen LogP contribution < -0.4 is 0 Å². The Morgan fingerprint density at radius 2 is 0.535 bits per heavy atom. The molecule has 5 atom stereocenters. The molecule has 17 nitrogen and oxygen atoms in total. The average Bonchev–Trinajstić information content (AvgIpc) is 3.55. The summed E-state index contributed by atoms with van der Waals surface area (Å²) in [5.74, 6) is -0.657. The smallest absolute Gasteiger partial charge is 0.462 e. The van der Waals surface area contributed by atoms with Crippen molar-refractivity contribution in [1.82, 2.24) is 0 Å². The maximum atomic E-state index is 13.0. The lowest BCUT2D eigenvalue weighted by molar-refractivity contribution is -0.161. The Labute approximate surface area is 524 Å². The molecule has 0 aliphatic heterocycles. The summed E-state index contributed by atoms with van der Waals surface area (Å²) in [5.41, 5.74) is 0. The number of phosphoric acid groups is 2. The minimum Gasteiger partial charge on any atom is -0.462 e.